The van der Waals surface area contributed by atoms with Crippen molar-refractivity contribution >= 4 is 0 Å². The van der Waals surface area contributed by atoms with Crippen LogP contribution in [0.4, 0.5) is 0 Å². The molecule has 0 amide bonds. The van der Waals surface area contributed by atoms with Gasteiger partial charge in [0.25, 0.3) is 0 Å². The lowest BCUT2D eigenvalue weighted by molar-refractivity contribution is 0.0635. The van der Waals surface area contributed by atoms with Gasteiger partial charge in [-0.2, -0.15) is 0 Å². The second-order valence-corrected chi connectivity index (χ2v) is 8.55. The molecule has 31 heavy (non-hydrogen) atoms. The van der Waals surface area contributed by atoms with E-state index in [1.165, 1.54) is 17.5 Å². The zero-order valence-electron chi connectivity index (χ0n) is 18.4. The maximum atomic E-state index is 11.0. The Morgan fingerprint density at radius 1 is 0.903 bits per heavy atom. The third-order valence-corrected chi connectivity index (χ3v) is 6.39. The number of ether oxygens (including phenoxy) is 1. The number of rotatable bonds is 8. The van der Waals surface area contributed by atoms with Crippen LogP contribution in [-0.4, -0.2) is 29.1 Å². The number of aliphatic hydroxyl groups excluding tert-OH is 1. The highest BCUT2D eigenvalue weighted by Gasteiger charge is 2.28. The molecule has 0 unspecified atom stereocenters. The van der Waals surface area contributed by atoms with Crippen LogP contribution in [0.25, 0.3) is 0 Å². The lowest BCUT2D eigenvalue weighted by Crippen LogP contribution is -2.37. The summed E-state index contributed by atoms with van der Waals surface area (Å²) in [6.07, 6.45) is 3.92. The lowest BCUT2D eigenvalue weighted by atomic mass is 9.98. The van der Waals surface area contributed by atoms with E-state index in [1.54, 1.807) is 0 Å². The van der Waals surface area contributed by atoms with Crippen molar-refractivity contribution in [2.24, 2.45) is 0 Å². The van der Waals surface area contributed by atoms with E-state index in [4.69, 9.17) is 4.74 Å². The van der Waals surface area contributed by atoms with E-state index in [-0.39, 0.29) is 6.04 Å². The molecule has 0 bridgehead atoms. The number of unbranched alkanes of at least 4 members (excludes halogenated alkanes) is 1. The Balaban J connectivity index is 1.33. The van der Waals surface area contributed by atoms with Gasteiger partial charge in [0.2, 0.25) is 0 Å². The summed E-state index contributed by atoms with van der Waals surface area (Å²) in [5, 5.41) is 11.0. The molecule has 0 saturated heterocycles. The van der Waals surface area contributed by atoms with Gasteiger partial charge >= 0.3 is 0 Å². The maximum Gasteiger partial charge on any atom is 0.120 e. The first-order valence-corrected chi connectivity index (χ1v) is 11.5. The van der Waals surface area contributed by atoms with E-state index in [2.05, 4.69) is 66.4 Å². The van der Waals surface area contributed by atoms with Gasteiger partial charge in [0, 0.05) is 12.6 Å². The highest BCUT2D eigenvalue weighted by Crippen LogP contribution is 2.31. The van der Waals surface area contributed by atoms with Crippen LogP contribution in [0.15, 0.2) is 78.9 Å². The van der Waals surface area contributed by atoms with Crippen molar-refractivity contribution < 1.29 is 9.84 Å². The van der Waals surface area contributed by atoms with Crippen molar-refractivity contribution in [1.29, 1.82) is 0 Å². The first-order valence-electron chi connectivity index (χ1n) is 11.5. The Hall–Kier alpha value is -2.62. The molecule has 1 aliphatic rings. The van der Waals surface area contributed by atoms with Gasteiger partial charge in [0.05, 0.1) is 6.10 Å². The first kappa shape index (κ1) is 21.6. The molecule has 0 radical (unpaired) electrons. The SMILES string of the molecule is C[C@@H]1[C@@H](O)c2ccc(OCc3ccccc3)cc2CCN1CCCCc1ccccc1. The number of benzene rings is 3. The topological polar surface area (TPSA) is 32.7 Å². The second kappa shape index (κ2) is 10.6. The molecule has 3 aromatic carbocycles. The molecular formula is C28H33NO2. The highest BCUT2D eigenvalue weighted by molar-refractivity contribution is 5.38. The predicted molar refractivity (Wildman–Crippen MR) is 126 cm³/mol. The van der Waals surface area contributed by atoms with Crippen molar-refractivity contribution in [3.63, 3.8) is 0 Å². The van der Waals surface area contributed by atoms with Gasteiger partial charge in [-0.25, -0.2) is 0 Å². The molecule has 162 valence electrons. The minimum atomic E-state index is -0.463. The molecule has 2 atom stereocenters. The van der Waals surface area contributed by atoms with Crippen LogP contribution in [0.5, 0.6) is 5.75 Å². The summed E-state index contributed by atoms with van der Waals surface area (Å²) < 4.78 is 6.01. The van der Waals surface area contributed by atoms with Gasteiger partial charge in [-0.1, -0.05) is 66.7 Å². The number of aryl methyl sites for hydroxylation is 1. The molecule has 1 N–H and O–H groups in total. The van der Waals surface area contributed by atoms with E-state index in [0.717, 1.165) is 49.2 Å². The second-order valence-electron chi connectivity index (χ2n) is 8.55. The van der Waals surface area contributed by atoms with Crippen LogP contribution in [0.1, 0.15) is 48.1 Å². The van der Waals surface area contributed by atoms with Crippen molar-refractivity contribution in [2.45, 2.75) is 51.4 Å². The van der Waals surface area contributed by atoms with Crippen molar-refractivity contribution in [3.05, 3.63) is 101 Å². The Labute approximate surface area is 186 Å². The number of hydrogen-bond donors (Lipinski definition) is 1. The Kier molecular flexibility index (Phi) is 7.39. The van der Waals surface area contributed by atoms with E-state index in [9.17, 15) is 5.11 Å². The fourth-order valence-electron chi connectivity index (χ4n) is 4.45. The Morgan fingerprint density at radius 2 is 1.61 bits per heavy atom. The largest absolute Gasteiger partial charge is 0.489 e. The third-order valence-electron chi connectivity index (χ3n) is 6.39. The van der Waals surface area contributed by atoms with Crippen LogP contribution < -0.4 is 4.74 Å². The normalized spacial score (nSPS) is 18.9. The molecular weight excluding hydrogens is 382 g/mol. The van der Waals surface area contributed by atoms with Crippen LogP contribution in [0.3, 0.4) is 0 Å². The summed E-state index contributed by atoms with van der Waals surface area (Å²) in [5.41, 5.74) is 4.82. The molecule has 4 rings (SSSR count). The summed E-state index contributed by atoms with van der Waals surface area (Å²) in [6, 6.07) is 27.2. The van der Waals surface area contributed by atoms with Gasteiger partial charge in [0.15, 0.2) is 0 Å². The maximum absolute atomic E-state index is 11.0. The standard InChI is InChI=1S/C28H33NO2/c1-22-28(30)27-16-15-26(31-21-24-13-6-3-7-14-24)20-25(27)17-19-29(22)18-9-8-12-23-10-4-2-5-11-23/h2-7,10-11,13-16,20,22,28,30H,8-9,12,17-19,21H2,1H3/t22-,28-/m1/s1. The molecule has 0 aliphatic carbocycles. The molecule has 0 spiro atoms. The minimum absolute atomic E-state index is 0.120. The molecule has 1 heterocycles. The van der Waals surface area contributed by atoms with Crippen LogP contribution in [0.2, 0.25) is 0 Å². The molecule has 1 aliphatic heterocycles. The van der Waals surface area contributed by atoms with E-state index in [1.807, 2.05) is 24.3 Å². The summed E-state index contributed by atoms with van der Waals surface area (Å²) >= 11 is 0. The zero-order chi connectivity index (χ0) is 21.5. The van der Waals surface area contributed by atoms with Gasteiger partial charge in [-0.15, -0.1) is 0 Å². The molecule has 3 aromatic rings. The van der Waals surface area contributed by atoms with Gasteiger partial charge < -0.3 is 9.84 Å². The van der Waals surface area contributed by atoms with Gasteiger partial charge in [-0.05, 0) is 73.5 Å². The van der Waals surface area contributed by atoms with Crippen LogP contribution in [0, 0.1) is 0 Å². The zero-order valence-corrected chi connectivity index (χ0v) is 18.4. The number of hydrogen-bond acceptors (Lipinski definition) is 3. The minimum Gasteiger partial charge on any atom is -0.489 e. The Bertz CT molecular complexity index is 942. The highest BCUT2D eigenvalue weighted by atomic mass is 16.5. The first-order chi connectivity index (χ1) is 15.2. The average molecular weight is 416 g/mol. The number of nitrogens with zero attached hydrogens (tertiary/aromatic N) is 1. The van der Waals surface area contributed by atoms with E-state index in [0.29, 0.717) is 6.61 Å². The monoisotopic (exact) mass is 415 g/mol. The summed E-state index contributed by atoms with van der Waals surface area (Å²) in [5.74, 6) is 0.874. The molecule has 3 nitrogen and oxygen atoms in total. The van der Waals surface area contributed by atoms with Gasteiger partial charge in [0.1, 0.15) is 12.4 Å². The molecule has 0 aromatic heterocycles. The average Bonchev–Trinajstić information content (AvgIpc) is 2.93. The van der Waals surface area contributed by atoms with Crippen molar-refractivity contribution in [2.75, 3.05) is 13.1 Å². The fraction of sp³-hybridized carbons (Fsp3) is 0.357. The molecule has 3 heteroatoms. The Morgan fingerprint density at radius 3 is 2.35 bits per heavy atom. The van der Waals surface area contributed by atoms with E-state index < -0.39 is 6.10 Å². The van der Waals surface area contributed by atoms with Gasteiger partial charge in [-0.3, -0.25) is 4.90 Å². The number of aliphatic hydroxyl groups is 1. The molecule has 0 fully saturated rings. The van der Waals surface area contributed by atoms with Crippen LogP contribution in [-0.2, 0) is 19.4 Å². The third kappa shape index (κ3) is 5.75. The predicted octanol–water partition coefficient (Wildman–Crippen LogP) is 5.57. The van der Waals surface area contributed by atoms with Crippen LogP contribution >= 0.6 is 0 Å². The van der Waals surface area contributed by atoms with E-state index >= 15 is 0 Å². The summed E-state index contributed by atoms with van der Waals surface area (Å²) in [6.45, 7) is 4.71. The number of fused-ring (bicyclic) bond motifs is 1. The fourth-order valence-corrected chi connectivity index (χ4v) is 4.45. The van der Waals surface area contributed by atoms with Crippen molar-refractivity contribution in [3.8, 4) is 5.75 Å². The lowest BCUT2D eigenvalue weighted by Gasteiger charge is -2.30. The summed E-state index contributed by atoms with van der Waals surface area (Å²) in [7, 11) is 0. The molecule has 0 saturated carbocycles. The van der Waals surface area contributed by atoms with Crippen molar-refractivity contribution in [1.82, 2.24) is 4.90 Å². The summed E-state index contributed by atoms with van der Waals surface area (Å²) in [4.78, 5) is 2.44. The smallest absolute Gasteiger partial charge is 0.120 e. The quantitative estimate of drug-likeness (QED) is 0.488.